The fourth-order valence-electron chi connectivity index (χ4n) is 5.17. The van der Waals surface area contributed by atoms with Gasteiger partial charge in [0.25, 0.3) is 0 Å². The molecule has 2 aliphatic rings. The summed E-state index contributed by atoms with van der Waals surface area (Å²) in [6.45, 7) is 1.50. The van der Waals surface area contributed by atoms with Gasteiger partial charge in [-0.1, -0.05) is 0 Å². The number of ether oxygens (including phenoxy) is 5. The second-order valence-corrected chi connectivity index (χ2v) is 10.9. The topological polar surface area (TPSA) is 296 Å². The van der Waals surface area contributed by atoms with E-state index in [-0.39, 0.29) is 5.56 Å². The molecule has 2 saturated heterocycles. The lowest BCUT2D eigenvalue weighted by Crippen LogP contribution is -2.61. The number of aliphatic hydroxyl groups excluding tert-OH is 6. The Balaban J connectivity index is 1.67. The number of benzene rings is 2. The van der Waals surface area contributed by atoms with Gasteiger partial charge >= 0.3 is 5.97 Å². The van der Waals surface area contributed by atoms with Gasteiger partial charge in [-0.05, 0) is 25.1 Å². The molecule has 18 heteroatoms. The first-order valence-corrected chi connectivity index (χ1v) is 14.0. The number of phenols is 4. The van der Waals surface area contributed by atoms with Crippen LogP contribution in [0.15, 0.2) is 33.5 Å². The van der Waals surface area contributed by atoms with Gasteiger partial charge in [-0.3, -0.25) is 9.59 Å². The lowest BCUT2D eigenvalue weighted by Gasteiger charge is -2.41. The monoisotopic (exact) mass is 668 g/mol. The van der Waals surface area contributed by atoms with Crippen molar-refractivity contribution in [3.05, 3.63) is 34.5 Å². The largest absolute Gasteiger partial charge is 0.507 e. The maximum Gasteiger partial charge on any atom is 0.303 e. The highest BCUT2D eigenvalue weighted by Crippen LogP contribution is 2.45. The number of aliphatic hydroxyl groups is 6. The van der Waals surface area contributed by atoms with Crippen molar-refractivity contribution >= 4 is 16.9 Å². The van der Waals surface area contributed by atoms with E-state index in [9.17, 15) is 60.7 Å². The summed E-state index contributed by atoms with van der Waals surface area (Å²) in [5, 5.41) is 102. The van der Waals surface area contributed by atoms with E-state index in [4.69, 9.17) is 28.1 Å². The molecule has 10 atom stereocenters. The van der Waals surface area contributed by atoms with E-state index >= 15 is 0 Å². The Kier molecular flexibility index (Phi) is 9.40. The van der Waals surface area contributed by atoms with Gasteiger partial charge in [-0.2, -0.15) is 0 Å². The van der Waals surface area contributed by atoms with Gasteiger partial charge in [0.1, 0.15) is 47.8 Å². The van der Waals surface area contributed by atoms with E-state index in [1.807, 2.05) is 0 Å². The van der Waals surface area contributed by atoms with Crippen LogP contribution in [0.25, 0.3) is 22.3 Å². The lowest BCUT2D eigenvalue weighted by atomic mass is 9.99. The highest BCUT2D eigenvalue weighted by molar-refractivity contribution is 5.93. The van der Waals surface area contributed by atoms with E-state index < -0.39 is 131 Å². The SMILES string of the molecule is CC(=O)O[C@H]1[C@H](Oc2c(-c3ccc(O)c(O)c3)oc3c(O)c(O[C@@H]4O[C@@H](C)[C@H](O)[C@@H](O)[C@H]4O)cc(O)c3c2=O)O[C@H](CO)[C@@H](O)[C@@H]1O. The van der Waals surface area contributed by atoms with Crippen molar-refractivity contribution in [1.82, 2.24) is 0 Å². The fraction of sp³-hybridized carbons (Fsp3) is 0.448. The molecular formula is C29H32O18. The van der Waals surface area contributed by atoms with Gasteiger partial charge in [-0.15, -0.1) is 0 Å². The summed E-state index contributed by atoms with van der Waals surface area (Å²) >= 11 is 0. The van der Waals surface area contributed by atoms with Crippen LogP contribution in [0.5, 0.6) is 34.5 Å². The molecule has 0 radical (unpaired) electrons. The van der Waals surface area contributed by atoms with Crippen LogP contribution in [0, 0.1) is 0 Å². The number of rotatable bonds is 7. The minimum atomic E-state index is -1.90. The Morgan fingerprint density at radius 2 is 1.53 bits per heavy atom. The minimum Gasteiger partial charge on any atom is -0.507 e. The van der Waals surface area contributed by atoms with Crippen LogP contribution in [0.2, 0.25) is 0 Å². The first kappa shape index (κ1) is 33.9. The van der Waals surface area contributed by atoms with Crippen molar-refractivity contribution in [2.75, 3.05) is 6.61 Å². The second-order valence-electron chi connectivity index (χ2n) is 10.9. The molecule has 256 valence electrons. The Bertz CT molecular complexity index is 1700. The average Bonchev–Trinajstić information content (AvgIpc) is 3.02. The number of esters is 1. The first-order valence-electron chi connectivity index (χ1n) is 14.0. The molecule has 10 N–H and O–H groups in total. The molecule has 0 unspecified atom stereocenters. The molecule has 0 amide bonds. The van der Waals surface area contributed by atoms with Crippen LogP contribution < -0.4 is 14.9 Å². The fourth-order valence-corrected chi connectivity index (χ4v) is 5.17. The molecular weight excluding hydrogens is 636 g/mol. The summed E-state index contributed by atoms with van der Waals surface area (Å²) in [6.07, 6.45) is -16.6. The molecule has 47 heavy (non-hydrogen) atoms. The summed E-state index contributed by atoms with van der Waals surface area (Å²) in [5.74, 6) is -6.04. The van der Waals surface area contributed by atoms with E-state index in [2.05, 4.69) is 0 Å². The number of aromatic hydroxyl groups is 4. The zero-order valence-corrected chi connectivity index (χ0v) is 24.5. The Labute approximate surface area is 263 Å². The molecule has 2 aromatic carbocycles. The predicted molar refractivity (Wildman–Crippen MR) is 152 cm³/mol. The summed E-state index contributed by atoms with van der Waals surface area (Å²) in [7, 11) is 0. The molecule has 5 rings (SSSR count). The first-order chi connectivity index (χ1) is 22.1. The second kappa shape index (κ2) is 13.0. The van der Waals surface area contributed by atoms with Crippen LogP contribution in [-0.4, -0.2) is 125 Å². The Morgan fingerprint density at radius 3 is 2.17 bits per heavy atom. The molecule has 0 saturated carbocycles. The van der Waals surface area contributed by atoms with E-state index in [0.717, 1.165) is 31.2 Å². The molecule has 2 fully saturated rings. The molecule has 0 aliphatic carbocycles. The van der Waals surface area contributed by atoms with Crippen molar-refractivity contribution in [2.45, 2.75) is 75.3 Å². The maximum atomic E-state index is 14.0. The molecule has 0 spiro atoms. The number of phenolic OH excluding ortho intramolecular Hbond substituents is 4. The van der Waals surface area contributed by atoms with Crippen molar-refractivity contribution in [2.24, 2.45) is 0 Å². The number of fused-ring (bicyclic) bond motifs is 1. The van der Waals surface area contributed by atoms with Gasteiger partial charge < -0.3 is 79.2 Å². The maximum absolute atomic E-state index is 14.0. The summed E-state index contributed by atoms with van der Waals surface area (Å²) in [4.78, 5) is 25.8. The third kappa shape index (κ3) is 6.20. The molecule has 3 aromatic rings. The Morgan fingerprint density at radius 1 is 0.830 bits per heavy atom. The zero-order valence-electron chi connectivity index (χ0n) is 24.5. The van der Waals surface area contributed by atoms with Crippen LogP contribution in [0.3, 0.4) is 0 Å². The quantitative estimate of drug-likeness (QED) is 0.0757. The number of carbonyl (C=O) groups is 1. The van der Waals surface area contributed by atoms with E-state index in [1.54, 1.807) is 0 Å². The highest BCUT2D eigenvalue weighted by Gasteiger charge is 2.48. The van der Waals surface area contributed by atoms with E-state index in [0.29, 0.717) is 0 Å². The lowest BCUT2D eigenvalue weighted by molar-refractivity contribution is -0.282. The summed E-state index contributed by atoms with van der Waals surface area (Å²) < 4.78 is 33.0. The van der Waals surface area contributed by atoms with Gasteiger partial charge in [0.15, 0.2) is 34.7 Å². The minimum absolute atomic E-state index is 0.171. The normalized spacial score (nSPS) is 31.0. The number of hydrogen-bond acceptors (Lipinski definition) is 18. The van der Waals surface area contributed by atoms with Crippen molar-refractivity contribution < 1.29 is 84.0 Å². The van der Waals surface area contributed by atoms with Crippen LogP contribution in [-0.2, 0) is 19.0 Å². The van der Waals surface area contributed by atoms with Gasteiger partial charge in [0.05, 0.1) is 12.7 Å². The summed E-state index contributed by atoms with van der Waals surface area (Å²) in [5.41, 5.74) is -2.11. The van der Waals surface area contributed by atoms with Gasteiger partial charge in [0, 0.05) is 18.6 Å². The van der Waals surface area contributed by atoms with Crippen LogP contribution in [0.4, 0.5) is 0 Å². The average molecular weight is 669 g/mol. The molecule has 0 bridgehead atoms. The molecule has 18 nitrogen and oxygen atoms in total. The molecule has 2 aliphatic heterocycles. The van der Waals surface area contributed by atoms with Crippen molar-refractivity contribution in [1.29, 1.82) is 0 Å². The highest BCUT2D eigenvalue weighted by atomic mass is 16.7. The predicted octanol–water partition coefficient (Wildman–Crippen LogP) is -1.76. The van der Waals surface area contributed by atoms with Crippen molar-refractivity contribution in [3.8, 4) is 45.8 Å². The third-order valence-electron chi connectivity index (χ3n) is 7.69. The smallest absolute Gasteiger partial charge is 0.303 e. The van der Waals surface area contributed by atoms with Crippen LogP contribution in [0.1, 0.15) is 13.8 Å². The summed E-state index contributed by atoms with van der Waals surface area (Å²) in [6, 6.07) is 3.86. The third-order valence-corrected chi connectivity index (χ3v) is 7.69. The van der Waals surface area contributed by atoms with Gasteiger partial charge in [-0.25, -0.2) is 0 Å². The molecule has 1 aromatic heterocycles. The van der Waals surface area contributed by atoms with E-state index in [1.165, 1.54) is 6.92 Å². The van der Waals surface area contributed by atoms with Gasteiger partial charge in [0.2, 0.25) is 29.5 Å². The van der Waals surface area contributed by atoms with Crippen LogP contribution >= 0.6 is 0 Å². The molecule has 3 heterocycles. The number of carbonyl (C=O) groups excluding carboxylic acids is 1. The number of hydrogen-bond donors (Lipinski definition) is 10. The Hall–Kier alpha value is -4.40. The van der Waals surface area contributed by atoms with Crippen molar-refractivity contribution in [3.63, 3.8) is 0 Å². The zero-order chi connectivity index (χ0) is 34.5. The standard InChI is InChI=1S/C29H32O18/c1-8-17(35)21(39)23(41)28(42-8)44-14-6-13(34)16-20(38)26(24(46-25(16)19(14)37)10-3-4-11(32)12(33)5-10)47-29-27(43-9(2)31)22(40)18(36)15(7-30)45-29/h3-6,8,15,17-18,21-23,27-30,32-37,39-41H,7H2,1-2H3/t8-,15+,17-,18+,21+,22-,23+,27+,28-,29-/m0/s1.